The molecule has 0 aliphatic heterocycles. The minimum atomic E-state index is -0.864. The van der Waals surface area contributed by atoms with Crippen molar-refractivity contribution in [2.45, 2.75) is 0 Å². The van der Waals surface area contributed by atoms with Crippen LogP contribution in [-0.4, -0.2) is 23.7 Å². The molecule has 2 aromatic heterocycles. The number of carbonyl (C=O) groups is 1. The Hall–Kier alpha value is -0.897. The second kappa shape index (κ2) is 22.5. The summed E-state index contributed by atoms with van der Waals surface area (Å²) >= 11 is 13.5. The maximum Gasteiger partial charge on any atom is 1.00 e. The fourth-order valence-corrected chi connectivity index (χ4v) is 6.92. The van der Waals surface area contributed by atoms with E-state index >= 15 is 4.39 Å². The molecule has 2 heterocycles. The Morgan fingerprint density at radius 2 is 1.16 bits per heavy atom. The topological polar surface area (TPSA) is 128 Å². The molecule has 0 fully saturated rings. The first-order valence-electron chi connectivity index (χ1n) is 15.0. The fourth-order valence-electron chi connectivity index (χ4n) is 5.48. The van der Waals surface area contributed by atoms with E-state index in [0.29, 0.717) is 8.95 Å². The van der Waals surface area contributed by atoms with Gasteiger partial charge in [-0.1, -0.05) is 63.7 Å². The van der Waals surface area contributed by atoms with E-state index in [-0.39, 0.29) is 144 Å². The van der Waals surface area contributed by atoms with Crippen LogP contribution in [0.15, 0.2) is 129 Å². The number of carbonyl (C=O) groups excluding carboxylic acids is 1. The number of halogens is 6. The normalized spacial score (nSPS) is 10.2. The average Bonchev–Trinajstić information content (AvgIpc) is 3.69. The molecule has 0 radical (unpaired) electrons. The Morgan fingerprint density at radius 3 is 1.75 bits per heavy atom. The van der Waals surface area contributed by atoms with Crippen molar-refractivity contribution >= 4 is 123 Å². The van der Waals surface area contributed by atoms with Gasteiger partial charge in [-0.3, -0.25) is 9.54 Å². The molecule has 0 aliphatic rings. The summed E-state index contributed by atoms with van der Waals surface area (Å²) in [7, 11) is 4.47. The van der Waals surface area contributed by atoms with E-state index in [2.05, 4.69) is 101 Å². The van der Waals surface area contributed by atoms with Crippen LogP contribution in [0.4, 0.5) is 8.78 Å². The minimum absolute atomic E-state index is 0. The Labute approximate surface area is 435 Å². The van der Waals surface area contributed by atoms with Crippen LogP contribution in [0.25, 0.3) is 66.1 Å². The van der Waals surface area contributed by atoms with E-state index in [1.807, 2.05) is 30.3 Å². The van der Waals surface area contributed by atoms with Crippen molar-refractivity contribution < 1.29 is 147 Å². The van der Waals surface area contributed by atoms with Crippen LogP contribution in [0.3, 0.4) is 0 Å². The summed E-state index contributed by atoms with van der Waals surface area (Å²) < 4.78 is 48.0. The molecule has 0 amide bonds. The summed E-state index contributed by atoms with van der Waals surface area (Å²) in [5.74, 6) is -2.05. The van der Waals surface area contributed by atoms with Crippen molar-refractivity contribution in [2.24, 2.45) is 4.74 Å². The number of nitrogens with zero attached hydrogens (tertiary/aromatic N) is 1. The molecule has 0 aliphatic carbocycles. The Morgan fingerprint density at radius 1 is 0.691 bits per heavy atom. The van der Waals surface area contributed by atoms with Crippen LogP contribution in [-0.2, 0) is 9.68 Å². The predicted molar refractivity (Wildman–Crippen MR) is 217 cm³/mol. The van der Waals surface area contributed by atoms with Gasteiger partial charge >= 0.3 is 103 Å². The van der Waals surface area contributed by atoms with Gasteiger partial charge in [0.15, 0.2) is 0 Å². The molecule has 17 heteroatoms. The van der Waals surface area contributed by atoms with Gasteiger partial charge in [-0.2, -0.15) is 0 Å². The van der Waals surface area contributed by atoms with Crippen molar-refractivity contribution in [1.82, 2.24) is 0 Å². The Balaban J connectivity index is 0.000000318. The zero-order valence-electron chi connectivity index (χ0n) is 30.0. The molecular formula is C38H24Br4F2K2NO7P. The third-order valence-corrected chi connectivity index (χ3v) is 9.57. The zero-order chi connectivity index (χ0) is 38.4. The van der Waals surface area contributed by atoms with E-state index in [1.54, 1.807) is 19.2 Å². The number of aromatic hydroxyl groups is 2. The van der Waals surface area contributed by atoms with Crippen LogP contribution < -0.4 is 108 Å². The van der Waals surface area contributed by atoms with Gasteiger partial charge in [0.2, 0.25) is 0 Å². The van der Waals surface area contributed by atoms with Gasteiger partial charge in [0.05, 0.1) is 10.9 Å². The third kappa shape index (κ3) is 11.4. The van der Waals surface area contributed by atoms with E-state index in [0.717, 1.165) is 58.9 Å². The number of fused-ring (bicyclic) bond motifs is 7. The van der Waals surface area contributed by atoms with Crippen molar-refractivity contribution in [2.75, 3.05) is 7.05 Å². The maximum atomic E-state index is 15.0. The molecule has 0 bridgehead atoms. The van der Waals surface area contributed by atoms with Gasteiger partial charge < -0.3 is 30.6 Å². The van der Waals surface area contributed by atoms with Gasteiger partial charge in [0.1, 0.15) is 45.5 Å². The standard InChI is InChI=1S/C18H10Br2F2O2.C18H8Br2O2.CH4NP.CH2O3.2K.H/c19-9-1-5-15(23)12(7-9)11-3-4-14(21)17(18(11)22)13-8-10(20)2-6-16(13)24;19-9-1-4-14-12(7-9)11-3-6-16-17(18(11)22-14)13-8-10(20)2-5-15(13)21-16;1-2-3;2-1-4-3;;;/h1-8,23-24H;1-8H;3H,1H3;1,3H;;;/q;;;;2*+1;-1/p-1. The van der Waals surface area contributed by atoms with Crippen molar-refractivity contribution in [1.29, 1.82) is 0 Å². The van der Waals surface area contributed by atoms with E-state index in [4.69, 9.17) is 18.9 Å². The van der Waals surface area contributed by atoms with Crippen LogP contribution in [0, 0.1) is 11.6 Å². The summed E-state index contributed by atoms with van der Waals surface area (Å²) in [5, 5.41) is 32.7. The molecule has 55 heavy (non-hydrogen) atoms. The largest absolute Gasteiger partial charge is 1.00 e. The molecule has 2 N–H and O–H groups in total. The molecule has 8 aromatic rings. The van der Waals surface area contributed by atoms with E-state index in [1.165, 1.54) is 30.3 Å². The Bertz CT molecular complexity index is 2650. The first kappa shape index (κ1) is 48.5. The van der Waals surface area contributed by atoms with Crippen LogP contribution >= 0.6 is 72.8 Å². The number of hydrogen-bond acceptors (Lipinski definition) is 8. The van der Waals surface area contributed by atoms with Crippen molar-refractivity contribution in [3.05, 3.63) is 127 Å². The molecule has 0 saturated heterocycles. The number of rotatable bonds is 3. The molecule has 0 spiro atoms. The van der Waals surface area contributed by atoms with Crippen LogP contribution in [0.5, 0.6) is 11.5 Å². The summed E-state index contributed by atoms with van der Waals surface area (Å²) in [4.78, 5) is 11.2. The number of phenols is 2. The first-order valence-corrected chi connectivity index (χ1v) is 18.6. The zero-order valence-corrected chi connectivity index (χ0v) is 42.6. The van der Waals surface area contributed by atoms with Crippen LogP contribution in [0.1, 0.15) is 1.43 Å². The van der Waals surface area contributed by atoms with E-state index < -0.39 is 11.6 Å². The maximum absolute atomic E-state index is 15.0. The van der Waals surface area contributed by atoms with Crippen molar-refractivity contribution in [3.8, 4) is 33.8 Å². The summed E-state index contributed by atoms with van der Waals surface area (Å²) in [6.45, 7) is -0.181. The second-order valence-electron chi connectivity index (χ2n) is 10.8. The van der Waals surface area contributed by atoms with Crippen LogP contribution in [0.2, 0.25) is 0 Å². The SMILES string of the molecule is Brc1ccc2oc3c(ccc4oc5ccc(Br)cc5c43)c2c1.CN=P.O=CO[O-].Oc1ccc(Br)cc1-c1ccc(F)c(-c2cc(Br)ccc2O)c1F.[H-].[K+].[K+]. The fraction of sp³-hybridized carbons (Fsp3) is 0.0263. The molecule has 0 unspecified atom stereocenters. The summed E-state index contributed by atoms with van der Waals surface area (Å²) in [6, 6.07) is 27.5. The molecule has 8 rings (SSSR count). The van der Waals surface area contributed by atoms with E-state index in [9.17, 15) is 14.6 Å². The first-order chi connectivity index (χ1) is 25.4. The van der Waals surface area contributed by atoms with Gasteiger partial charge in [0.25, 0.3) is 6.47 Å². The summed E-state index contributed by atoms with van der Waals surface area (Å²) in [6.07, 6.45) is 0. The van der Waals surface area contributed by atoms with Gasteiger partial charge in [-0.15, -0.1) is 0 Å². The molecule has 0 atom stereocenters. The summed E-state index contributed by atoms with van der Waals surface area (Å²) in [5.41, 5.74) is 3.40. The number of benzene rings is 6. The second-order valence-corrected chi connectivity index (χ2v) is 14.9. The third-order valence-electron chi connectivity index (χ3n) is 7.60. The molecule has 8 nitrogen and oxygen atoms in total. The number of hydrogen-bond donors (Lipinski definition) is 2. The molecule has 6 aromatic carbocycles. The molecular weight excluding hydrogens is 1050 g/mol. The monoisotopic (exact) mass is 1070 g/mol. The predicted octanol–water partition coefficient (Wildman–Crippen LogP) is 6.74. The van der Waals surface area contributed by atoms with Gasteiger partial charge in [-0.25, -0.2) is 8.78 Å². The number of furan rings is 2. The Kier molecular flexibility index (Phi) is 19.8. The van der Waals surface area contributed by atoms with Crippen molar-refractivity contribution in [3.63, 3.8) is 0 Å². The quantitative estimate of drug-likeness (QED) is 0.0660. The molecule has 272 valence electrons. The minimum Gasteiger partial charge on any atom is -1.00 e. The van der Waals surface area contributed by atoms with Gasteiger partial charge in [0, 0.05) is 57.8 Å². The molecule has 0 saturated carbocycles. The average molecular weight is 1070 g/mol. The number of phenolic OH excluding ortho intramolecular Hbond substituents is 2. The smallest absolute Gasteiger partial charge is 1.00 e. The van der Waals surface area contributed by atoms with Gasteiger partial charge in [-0.05, 0) is 106 Å².